The van der Waals surface area contributed by atoms with Gasteiger partial charge in [0, 0.05) is 13.0 Å². The molecule has 0 saturated heterocycles. The molecule has 0 aromatic heterocycles. The summed E-state index contributed by atoms with van der Waals surface area (Å²) in [5, 5.41) is 26.3. The van der Waals surface area contributed by atoms with Crippen molar-refractivity contribution in [2.75, 3.05) is 6.54 Å². The maximum Gasteiger partial charge on any atom is 0.325 e. The van der Waals surface area contributed by atoms with Gasteiger partial charge in [-0.3, -0.25) is 24.2 Å². The minimum Gasteiger partial charge on any atom is -0.508 e. The van der Waals surface area contributed by atoms with Crippen molar-refractivity contribution in [3.63, 3.8) is 0 Å². The third-order valence-corrected chi connectivity index (χ3v) is 5.95. The summed E-state index contributed by atoms with van der Waals surface area (Å²) in [6, 6.07) is 10.7. The largest absolute Gasteiger partial charge is 0.508 e. The quantitative estimate of drug-likeness (QED) is 0.0772. The Labute approximate surface area is 232 Å². The SMILES string of the molecule is CC(NC(=O)C(Cc1ccccc1)NC(=O)C(CCCN=C(N)N)NC(=O)C(N)Cc1ccc(O)cc1)C(=O)O. The smallest absolute Gasteiger partial charge is 0.325 e. The lowest BCUT2D eigenvalue weighted by atomic mass is 10.0. The van der Waals surface area contributed by atoms with Crippen LogP contribution in [-0.4, -0.2) is 70.6 Å². The number of carboxylic acid groups (broad SMARTS) is 1. The summed E-state index contributed by atoms with van der Waals surface area (Å²) in [5.74, 6) is -3.22. The number of hydrogen-bond donors (Lipinski definition) is 8. The van der Waals surface area contributed by atoms with Gasteiger partial charge in [-0.15, -0.1) is 0 Å². The van der Waals surface area contributed by atoms with Crippen molar-refractivity contribution in [3.8, 4) is 5.75 Å². The minimum absolute atomic E-state index is 0.0751. The number of carboxylic acids is 1. The summed E-state index contributed by atoms with van der Waals surface area (Å²) >= 11 is 0. The van der Waals surface area contributed by atoms with E-state index in [0.717, 1.165) is 5.56 Å². The summed E-state index contributed by atoms with van der Waals surface area (Å²) in [6.07, 6.45) is 0.695. The Bertz CT molecular complexity index is 1170. The fourth-order valence-corrected chi connectivity index (χ4v) is 3.74. The number of carbonyl (C=O) groups is 4. The first-order chi connectivity index (χ1) is 19.0. The van der Waals surface area contributed by atoms with Crippen molar-refractivity contribution in [2.24, 2.45) is 22.2 Å². The van der Waals surface area contributed by atoms with Crippen LogP contribution in [0.5, 0.6) is 5.75 Å². The lowest BCUT2D eigenvalue weighted by Crippen LogP contribution is -2.57. The number of nitrogens with zero attached hydrogens (tertiary/aromatic N) is 1. The number of phenolic OH excluding ortho intramolecular Hbond substituents is 1. The predicted octanol–water partition coefficient (Wildman–Crippen LogP) is -0.883. The highest BCUT2D eigenvalue weighted by Crippen LogP contribution is 2.11. The molecule has 40 heavy (non-hydrogen) atoms. The minimum atomic E-state index is -1.23. The monoisotopic (exact) mass is 555 g/mol. The number of aromatic hydroxyl groups is 1. The molecule has 0 aliphatic carbocycles. The Kier molecular flexibility index (Phi) is 12.4. The Morgan fingerprint density at radius 3 is 2.00 bits per heavy atom. The number of phenols is 1. The van der Waals surface area contributed by atoms with E-state index in [1.165, 1.54) is 19.1 Å². The Hall–Kier alpha value is -4.65. The van der Waals surface area contributed by atoms with E-state index < -0.39 is 47.9 Å². The van der Waals surface area contributed by atoms with Crippen LogP contribution in [0.2, 0.25) is 0 Å². The van der Waals surface area contributed by atoms with E-state index >= 15 is 0 Å². The van der Waals surface area contributed by atoms with Gasteiger partial charge in [0.25, 0.3) is 0 Å². The number of aliphatic carboxylic acids is 1. The molecule has 4 atom stereocenters. The molecular formula is C27H37N7O6. The summed E-state index contributed by atoms with van der Waals surface area (Å²) < 4.78 is 0. The summed E-state index contributed by atoms with van der Waals surface area (Å²) in [6.45, 7) is 1.51. The number of amides is 3. The molecule has 4 unspecified atom stereocenters. The number of aliphatic imine (C=N–C) groups is 1. The van der Waals surface area contributed by atoms with Gasteiger partial charge in [0.1, 0.15) is 23.9 Å². The molecule has 0 saturated carbocycles. The van der Waals surface area contributed by atoms with Crippen molar-refractivity contribution in [2.45, 2.75) is 56.8 Å². The molecule has 0 fully saturated rings. The van der Waals surface area contributed by atoms with E-state index in [-0.39, 0.29) is 37.5 Å². The second-order valence-electron chi connectivity index (χ2n) is 9.31. The summed E-state index contributed by atoms with van der Waals surface area (Å²) in [5.41, 5.74) is 18.3. The van der Waals surface area contributed by atoms with Crippen LogP contribution in [0.1, 0.15) is 30.9 Å². The van der Waals surface area contributed by atoms with Gasteiger partial charge in [-0.1, -0.05) is 42.5 Å². The molecule has 13 nitrogen and oxygen atoms in total. The molecule has 0 bridgehead atoms. The molecule has 2 aromatic carbocycles. The molecular weight excluding hydrogens is 518 g/mol. The maximum atomic E-state index is 13.4. The molecule has 0 radical (unpaired) electrons. The zero-order chi connectivity index (χ0) is 29.7. The fourth-order valence-electron chi connectivity index (χ4n) is 3.74. The van der Waals surface area contributed by atoms with E-state index in [4.69, 9.17) is 17.2 Å². The molecule has 2 rings (SSSR count). The van der Waals surface area contributed by atoms with E-state index in [1.807, 2.05) is 0 Å². The number of guanidine groups is 1. The van der Waals surface area contributed by atoms with Crippen LogP contribution in [0.4, 0.5) is 0 Å². The van der Waals surface area contributed by atoms with Crippen LogP contribution in [0.15, 0.2) is 59.6 Å². The van der Waals surface area contributed by atoms with Gasteiger partial charge in [0.2, 0.25) is 17.7 Å². The molecule has 0 aliphatic rings. The van der Waals surface area contributed by atoms with Crippen LogP contribution >= 0.6 is 0 Å². The van der Waals surface area contributed by atoms with Gasteiger partial charge < -0.3 is 43.4 Å². The zero-order valence-corrected chi connectivity index (χ0v) is 22.2. The Morgan fingerprint density at radius 1 is 0.825 bits per heavy atom. The van der Waals surface area contributed by atoms with Crippen LogP contribution < -0.4 is 33.2 Å². The highest BCUT2D eigenvalue weighted by Gasteiger charge is 2.29. The Balaban J connectivity index is 2.19. The second-order valence-corrected chi connectivity index (χ2v) is 9.31. The number of hydrogen-bond acceptors (Lipinski definition) is 7. The van der Waals surface area contributed by atoms with E-state index in [9.17, 15) is 29.4 Å². The van der Waals surface area contributed by atoms with Crippen LogP contribution in [0, 0.1) is 0 Å². The Morgan fingerprint density at radius 2 is 1.40 bits per heavy atom. The van der Waals surface area contributed by atoms with Crippen LogP contribution in [-0.2, 0) is 32.0 Å². The first kappa shape index (κ1) is 31.6. The number of nitrogens with two attached hydrogens (primary N) is 3. The van der Waals surface area contributed by atoms with Gasteiger partial charge in [-0.25, -0.2) is 0 Å². The highest BCUT2D eigenvalue weighted by atomic mass is 16.4. The zero-order valence-electron chi connectivity index (χ0n) is 22.2. The van der Waals surface area contributed by atoms with Gasteiger partial charge in [-0.05, 0) is 49.4 Å². The van der Waals surface area contributed by atoms with Crippen molar-refractivity contribution >= 4 is 29.7 Å². The normalized spacial score (nSPS) is 13.7. The lowest BCUT2D eigenvalue weighted by molar-refractivity contribution is -0.141. The molecule has 0 heterocycles. The topological polar surface area (TPSA) is 235 Å². The maximum absolute atomic E-state index is 13.4. The lowest BCUT2D eigenvalue weighted by Gasteiger charge is -2.25. The molecule has 0 spiro atoms. The average molecular weight is 556 g/mol. The first-order valence-corrected chi connectivity index (χ1v) is 12.7. The van der Waals surface area contributed by atoms with Gasteiger partial charge >= 0.3 is 5.97 Å². The van der Waals surface area contributed by atoms with E-state index in [2.05, 4.69) is 20.9 Å². The predicted molar refractivity (Wildman–Crippen MR) is 149 cm³/mol. The molecule has 3 amide bonds. The molecule has 11 N–H and O–H groups in total. The molecule has 0 aliphatic heterocycles. The fraction of sp³-hybridized carbons (Fsp3) is 0.370. The van der Waals surface area contributed by atoms with Crippen molar-refractivity contribution in [1.29, 1.82) is 0 Å². The second kappa shape index (κ2) is 15.7. The number of rotatable bonds is 15. The van der Waals surface area contributed by atoms with E-state index in [0.29, 0.717) is 12.0 Å². The third-order valence-electron chi connectivity index (χ3n) is 5.95. The van der Waals surface area contributed by atoms with Crippen molar-refractivity contribution in [3.05, 3.63) is 65.7 Å². The summed E-state index contributed by atoms with van der Waals surface area (Å²) in [4.78, 5) is 54.4. The van der Waals surface area contributed by atoms with Gasteiger partial charge in [0.05, 0.1) is 6.04 Å². The average Bonchev–Trinajstić information content (AvgIpc) is 2.91. The molecule has 2 aromatic rings. The van der Waals surface area contributed by atoms with Crippen molar-refractivity contribution in [1.82, 2.24) is 16.0 Å². The van der Waals surface area contributed by atoms with E-state index in [1.54, 1.807) is 42.5 Å². The number of carbonyl (C=O) groups excluding carboxylic acids is 3. The third kappa shape index (κ3) is 11.0. The van der Waals surface area contributed by atoms with Crippen LogP contribution in [0.3, 0.4) is 0 Å². The standard InChI is InChI=1S/C27H37N7O6/c1-16(26(39)40)32-25(38)22(15-17-6-3-2-4-7-17)34-24(37)21(8-5-13-31-27(29)30)33-23(36)20(28)14-18-9-11-19(35)12-10-18/h2-4,6-7,9-12,16,20-22,35H,5,8,13-15,28H2,1H3,(H,32,38)(H,33,36)(H,34,37)(H,39,40)(H4,29,30,31). The van der Waals surface area contributed by atoms with Crippen LogP contribution in [0.25, 0.3) is 0 Å². The van der Waals surface area contributed by atoms with Crippen molar-refractivity contribution < 1.29 is 29.4 Å². The van der Waals surface area contributed by atoms with Gasteiger partial charge in [0.15, 0.2) is 5.96 Å². The van der Waals surface area contributed by atoms with Gasteiger partial charge in [-0.2, -0.15) is 0 Å². The molecule has 13 heteroatoms. The highest BCUT2D eigenvalue weighted by molar-refractivity contribution is 5.94. The number of benzene rings is 2. The first-order valence-electron chi connectivity index (χ1n) is 12.7. The number of nitrogens with one attached hydrogen (secondary N) is 3. The summed E-state index contributed by atoms with van der Waals surface area (Å²) in [7, 11) is 0. The molecule has 216 valence electrons.